The van der Waals surface area contributed by atoms with Gasteiger partial charge in [0, 0.05) is 0 Å². The van der Waals surface area contributed by atoms with Gasteiger partial charge in [-0.25, -0.2) is 0 Å². The van der Waals surface area contributed by atoms with Crippen molar-refractivity contribution < 1.29 is 44.5 Å². The second-order valence-corrected chi connectivity index (χ2v) is 15.2. The SMILES string of the molecule is [Cl-].[Cl-].[S]=[Zr+2]([c]1cccc2c1C=CC2)[c]1cccc2c1C1=C(Br)SCC1=C2. The third kappa shape index (κ3) is 3.25. The number of rotatable bonds is 2. The number of benzene rings is 2. The first kappa shape index (κ1) is 20.9. The van der Waals surface area contributed by atoms with E-state index in [9.17, 15) is 0 Å². The minimum atomic E-state index is -2.33. The first-order chi connectivity index (χ1) is 11.7. The molecule has 2 aromatic carbocycles. The van der Waals surface area contributed by atoms with Gasteiger partial charge in [0.25, 0.3) is 0 Å². The molecule has 2 aromatic rings. The summed E-state index contributed by atoms with van der Waals surface area (Å²) in [4.78, 5) is 0. The molecule has 26 heavy (non-hydrogen) atoms. The Balaban J connectivity index is 0.000000980. The predicted octanol–water partition coefficient (Wildman–Crippen LogP) is -0.847. The van der Waals surface area contributed by atoms with Crippen LogP contribution in [-0.4, -0.2) is 5.75 Å². The Kier molecular flexibility index (Phi) is 6.65. The number of hydrogen-bond donors (Lipinski definition) is 0. The summed E-state index contributed by atoms with van der Waals surface area (Å²) in [7, 11) is 6.25. The fourth-order valence-corrected chi connectivity index (χ4v) is 11.9. The van der Waals surface area contributed by atoms with Gasteiger partial charge in [0.15, 0.2) is 0 Å². The van der Waals surface area contributed by atoms with E-state index in [1.54, 1.807) is 0 Å². The molecule has 0 N–H and O–H groups in total. The van der Waals surface area contributed by atoms with Crippen molar-refractivity contribution in [1.29, 1.82) is 0 Å². The zero-order chi connectivity index (χ0) is 16.3. The van der Waals surface area contributed by atoms with Crippen molar-refractivity contribution >= 4 is 60.8 Å². The van der Waals surface area contributed by atoms with Crippen LogP contribution < -0.4 is 31.4 Å². The quantitative estimate of drug-likeness (QED) is 0.471. The molecule has 5 rings (SSSR count). The van der Waals surface area contributed by atoms with E-state index in [4.69, 9.17) is 8.86 Å². The normalized spacial score (nSPS) is 15.3. The van der Waals surface area contributed by atoms with E-state index in [0.717, 1.165) is 12.2 Å². The van der Waals surface area contributed by atoms with Crippen molar-refractivity contribution in [3.05, 3.63) is 74.1 Å². The molecule has 6 heteroatoms. The van der Waals surface area contributed by atoms with E-state index in [0.29, 0.717) is 0 Å². The Morgan fingerprint density at radius 3 is 2.65 bits per heavy atom. The molecule has 0 amide bonds. The molecule has 130 valence electrons. The summed E-state index contributed by atoms with van der Waals surface area (Å²) >= 11 is 3.35. The third-order valence-corrected chi connectivity index (χ3v) is 14.0. The molecule has 2 aliphatic carbocycles. The molecule has 0 saturated carbocycles. The van der Waals surface area contributed by atoms with Gasteiger partial charge in [-0.2, -0.15) is 0 Å². The van der Waals surface area contributed by atoms with E-state index >= 15 is 0 Å². The van der Waals surface area contributed by atoms with Crippen LogP contribution in [0.1, 0.15) is 22.3 Å². The number of hydrogen-bond acceptors (Lipinski definition) is 2. The molecule has 0 spiro atoms. The van der Waals surface area contributed by atoms with Gasteiger partial charge >= 0.3 is 167 Å². The van der Waals surface area contributed by atoms with Gasteiger partial charge in [-0.05, 0) is 0 Å². The Morgan fingerprint density at radius 2 is 1.81 bits per heavy atom. The fourth-order valence-electron chi connectivity index (χ4n) is 3.77. The van der Waals surface area contributed by atoms with Crippen molar-refractivity contribution in [1.82, 2.24) is 0 Å². The van der Waals surface area contributed by atoms with Crippen molar-refractivity contribution in [3.8, 4) is 0 Å². The molecule has 0 unspecified atom stereocenters. The first-order valence-corrected chi connectivity index (χ1v) is 15.6. The van der Waals surface area contributed by atoms with E-state index in [1.807, 2.05) is 11.8 Å². The zero-order valence-corrected chi connectivity index (χ0v) is 20.7. The van der Waals surface area contributed by atoms with Crippen LogP contribution in [-0.2, 0) is 26.1 Å². The molecule has 0 fully saturated rings. The van der Waals surface area contributed by atoms with E-state index < -0.39 is 19.7 Å². The number of allylic oxidation sites excluding steroid dienone is 2. The predicted molar refractivity (Wildman–Crippen MR) is 109 cm³/mol. The van der Waals surface area contributed by atoms with Crippen LogP contribution in [0.3, 0.4) is 0 Å². The summed E-state index contributed by atoms with van der Waals surface area (Å²) in [5.41, 5.74) is 8.52. The number of thioether (sulfide) groups is 1. The van der Waals surface area contributed by atoms with Gasteiger partial charge in [0.1, 0.15) is 0 Å². The molecule has 0 radical (unpaired) electrons. The van der Waals surface area contributed by atoms with Crippen molar-refractivity contribution in [2.24, 2.45) is 0 Å². The van der Waals surface area contributed by atoms with Gasteiger partial charge < -0.3 is 24.8 Å². The molecular formula is C20H13BrCl2S2Zr. The van der Waals surface area contributed by atoms with Gasteiger partial charge in [0.05, 0.1) is 0 Å². The summed E-state index contributed by atoms with van der Waals surface area (Å²) in [6.45, 7) is 0. The van der Waals surface area contributed by atoms with Gasteiger partial charge in [-0.3, -0.25) is 0 Å². The topological polar surface area (TPSA) is 0 Å². The summed E-state index contributed by atoms with van der Waals surface area (Å²) in [5.74, 6) is 1.07. The molecule has 1 heterocycles. The Morgan fingerprint density at radius 1 is 1.04 bits per heavy atom. The Bertz CT molecular complexity index is 1020. The molecule has 0 saturated heterocycles. The summed E-state index contributed by atoms with van der Waals surface area (Å²) in [6, 6.07) is 13.5. The first-order valence-electron chi connectivity index (χ1n) is 7.94. The van der Waals surface area contributed by atoms with E-state index in [1.165, 1.54) is 43.8 Å². The van der Waals surface area contributed by atoms with Crippen molar-refractivity contribution in [2.75, 3.05) is 5.75 Å². The van der Waals surface area contributed by atoms with Gasteiger partial charge in [-0.15, -0.1) is 0 Å². The van der Waals surface area contributed by atoms with Crippen LogP contribution in [0.15, 0.2) is 51.9 Å². The summed E-state index contributed by atoms with van der Waals surface area (Å²) in [5, 5.41) is 0. The second kappa shape index (κ2) is 8.27. The number of fused-ring (bicyclic) bond motifs is 4. The van der Waals surface area contributed by atoms with Crippen LogP contribution >= 0.6 is 36.5 Å². The Hall–Kier alpha value is 0.173. The van der Waals surface area contributed by atoms with Gasteiger partial charge in [-0.1, -0.05) is 0 Å². The van der Waals surface area contributed by atoms with Crippen molar-refractivity contribution in [3.63, 3.8) is 0 Å². The monoisotopic (exact) mass is 556 g/mol. The van der Waals surface area contributed by atoms with Crippen LogP contribution in [0.4, 0.5) is 0 Å². The van der Waals surface area contributed by atoms with Crippen LogP contribution in [0.5, 0.6) is 0 Å². The van der Waals surface area contributed by atoms with Crippen molar-refractivity contribution in [2.45, 2.75) is 6.42 Å². The molecule has 0 aromatic heterocycles. The molecule has 1 aliphatic heterocycles. The molecule has 0 atom stereocenters. The van der Waals surface area contributed by atoms with E-state index in [-0.39, 0.29) is 24.8 Å². The molecule has 3 aliphatic rings. The van der Waals surface area contributed by atoms with Crippen LogP contribution in [0.25, 0.3) is 17.7 Å². The summed E-state index contributed by atoms with van der Waals surface area (Å²) < 4.78 is 4.20. The second-order valence-electron chi connectivity index (χ2n) is 6.19. The van der Waals surface area contributed by atoms with E-state index in [2.05, 4.69) is 70.6 Å². The molecule has 0 bridgehead atoms. The molecular weight excluding hydrogens is 546 g/mol. The Labute approximate surface area is 189 Å². The zero-order valence-electron chi connectivity index (χ0n) is 13.6. The van der Waals surface area contributed by atoms with Gasteiger partial charge in [0.2, 0.25) is 0 Å². The number of halogens is 3. The third-order valence-electron chi connectivity index (χ3n) is 4.86. The maximum absolute atomic E-state index is 6.25. The maximum atomic E-state index is 6.25. The molecule has 0 nitrogen and oxygen atoms in total. The summed E-state index contributed by atoms with van der Waals surface area (Å²) in [6.07, 6.45) is 7.96. The standard InChI is InChI=1S/C11H6BrS.C9H7.2ClH.S.Zr/c12-11-10-8(6-13-11)5-7-3-1-2-4-9(7)10;1-2-5-9-7-3-6-8(9)4-1;;;;/h1-3,5H,6H2;1-4,7H,6H2;2*1H;;/q;;;;;+2/p-2. The van der Waals surface area contributed by atoms with Crippen LogP contribution in [0, 0.1) is 0 Å². The average molecular weight is 559 g/mol. The fraction of sp³-hybridized carbons (Fsp3) is 0.100. The van der Waals surface area contributed by atoms with Crippen LogP contribution in [0.2, 0.25) is 0 Å². The average Bonchev–Trinajstić information content (AvgIpc) is 3.29. The minimum absolute atomic E-state index is 0.